The van der Waals surface area contributed by atoms with Crippen LogP contribution >= 0.6 is 11.8 Å². The molecule has 5 nitrogen and oxygen atoms in total. The molecule has 2 rings (SSSR count). The smallest absolute Gasteiger partial charge is 0.165 e. The van der Waals surface area contributed by atoms with E-state index in [2.05, 4.69) is 36.1 Å². The van der Waals surface area contributed by atoms with Gasteiger partial charge >= 0.3 is 0 Å². The van der Waals surface area contributed by atoms with Crippen LogP contribution in [0.4, 0.5) is 5.82 Å². The number of methoxy groups -OCH3 is 1. The largest absolute Gasteiger partial charge is 0.493 e. The molecule has 6 heteroatoms. The molecule has 0 saturated heterocycles. The van der Waals surface area contributed by atoms with Crippen molar-refractivity contribution in [2.24, 2.45) is 0 Å². The van der Waals surface area contributed by atoms with E-state index in [0.29, 0.717) is 17.5 Å². The third-order valence-electron chi connectivity index (χ3n) is 3.20. The van der Waals surface area contributed by atoms with Crippen LogP contribution in [0.5, 0.6) is 11.5 Å². The molecule has 22 heavy (non-hydrogen) atoms. The van der Waals surface area contributed by atoms with Crippen LogP contribution in [0.2, 0.25) is 0 Å². The highest BCUT2D eigenvalue weighted by Crippen LogP contribution is 2.35. The van der Waals surface area contributed by atoms with E-state index in [9.17, 15) is 0 Å². The molecule has 2 aromatic rings. The summed E-state index contributed by atoms with van der Waals surface area (Å²) in [6.07, 6.45) is 4.52. The number of anilines is 1. The molecule has 1 aromatic heterocycles. The number of ether oxygens (including phenoxy) is 2. The van der Waals surface area contributed by atoms with E-state index in [0.717, 1.165) is 23.1 Å². The molecule has 120 valence electrons. The number of benzene rings is 1. The van der Waals surface area contributed by atoms with Crippen LogP contribution in [0.15, 0.2) is 18.5 Å². The molecule has 0 spiro atoms. The molecule has 0 saturated carbocycles. The second kappa shape index (κ2) is 7.54. The standard InChI is InChI=1S/C16H23N3O2S/c1-6-15(22-5)21-14-8-12-11(7-13(14)20-4)16(18-9-17-12)19-10(2)3/h7-10,15H,6H2,1-5H3,(H,17,18,19). The highest BCUT2D eigenvalue weighted by atomic mass is 32.2. The number of nitrogens with zero attached hydrogens (tertiary/aromatic N) is 2. The number of nitrogens with one attached hydrogen (secondary N) is 1. The van der Waals surface area contributed by atoms with Crippen molar-refractivity contribution in [1.82, 2.24) is 9.97 Å². The van der Waals surface area contributed by atoms with Gasteiger partial charge < -0.3 is 14.8 Å². The Morgan fingerprint density at radius 1 is 1.23 bits per heavy atom. The average Bonchev–Trinajstić information content (AvgIpc) is 2.51. The Balaban J connectivity index is 2.47. The zero-order valence-electron chi connectivity index (χ0n) is 13.7. The van der Waals surface area contributed by atoms with Gasteiger partial charge in [-0.25, -0.2) is 9.97 Å². The van der Waals surface area contributed by atoms with Crippen LogP contribution in [0.1, 0.15) is 27.2 Å². The van der Waals surface area contributed by atoms with Crippen LogP contribution in [0.25, 0.3) is 10.9 Å². The Labute approximate surface area is 135 Å². The van der Waals surface area contributed by atoms with Gasteiger partial charge in [0.25, 0.3) is 0 Å². The third-order valence-corrected chi connectivity index (χ3v) is 4.16. The molecule has 1 N–H and O–H groups in total. The van der Waals surface area contributed by atoms with E-state index in [1.54, 1.807) is 25.2 Å². The minimum atomic E-state index is 0.0986. The van der Waals surface area contributed by atoms with Gasteiger partial charge in [-0.15, -0.1) is 11.8 Å². The Bertz CT molecular complexity index is 630. The number of aromatic nitrogens is 2. The Kier molecular flexibility index (Phi) is 5.71. The van der Waals surface area contributed by atoms with Gasteiger partial charge in [0.2, 0.25) is 0 Å². The van der Waals surface area contributed by atoms with Gasteiger partial charge in [0, 0.05) is 17.5 Å². The lowest BCUT2D eigenvalue weighted by Gasteiger charge is -2.18. The van der Waals surface area contributed by atoms with Gasteiger partial charge in [0.15, 0.2) is 11.5 Å². The minimum absolute atomic E-state index is 0.0986. The quantitative estimate of drug-likeness (QED) is 0.780. The maximum Gasteiger partial charge on any atom is 0.165 e. The highest BCUT2D eigenvalue weighted by molar-refractivity contribution is 7.99. The molecular formula is C16H23N3O2S. The molecule has 1 unspecified atom stereocenters. The zero-order chi connectivity index (χ0) is 16.1. The third kappa shape index (κ3) is 3.74. The van der Waals surface area contributed by atoms with Crippen molar-refractivity contribution >= 4 is 28.5 Å². The molecule has 1 heterocycles. The van der Waals surface area contributed by atoms with Gasteiger partial charge in [-0.05, 0) is 32.6 Å². The second-order valence-corrected chi connectivity index (χ2v) is 6.23. The summed E-state index contributed by atoms with van der Waals surface area (Å²) < 4.78 is 11.5. The molecule has 1 atom stereocenters. The van der Waals surface area contributed by atoms with Gasteiger partial charge in [0.1, 0.15) is 17.6 Å². The summed E-state index contributed by atoms with van der Waals surface area (Å²) in [6.45, 7) is 6.25. The molecule has 1 aromatic carbocycles. The summed E-state index contributed by atoms with van der Waals surface area (Å²) >= 11 is 1.68. The summed E-state index contributed by atoms with van der Waals surface area (Å²) in [6, 6.07) is 4.14. The highest BCUT2D eigenvalue weighted by Gasteiger charge is 2.15. The predicted molar refractivity (Wildman–Crippen MR) is 93.1 cm³/mol. The zero-order valence-corrected chi connectivity index (χ0v) is 14.5. The number of fused-ring (bicyclic) bond motifs is 1. The summed E-state index contributed by atoms with van der Waals surface area (Å²) in [5.74, 6) is 2.22. The average molecular weight is 321 g/mol. The Morgan fingerprint density at radius 2 is 2.00 bits per heavy atom. The maximum absolute atomic E-state index is 6.02. The first-order valence-corrected chi connectivity index (χ1v) is 8.66. The topological polar surface area (TPSA) is 56.3 Å². The summed E-state index contributed by atoms with van der Waals surface area (Å²) in [4.78, 5) is 8.67. The predicted octanol–water partition coefficient (Wildman–Crippen LogP) is 3.94. The van der Waals surface area contributed by atoms with Gasteiger partial charge in [-0.3, -0.25) is 0 Å². The van der Waals surface area contributed by atoms with E-state index in [1.165, 1.54) is 0 Å². The van der Waals surface area contributed by atoms with Crippen LogP contribution < -0.4 is 14.8 Å². The number of hydrogen-bond donors (Lipinski definition) is 1. The van der Waals surface area contributed by atoms with Gasteiger partial charge in [0.05, 0.1) is 12.6 Å². The first-order chi connectivity index (χ1) is 10.6. The number of rotatable bonds is 7. The van der Waals surface area contributed by atoms with Gasteiger partial charge in [-0.2, -0.15) is 0 Å². The SMILES string of the molecule is CCC(Oc1cc2ncnc(NC(C)C)c2cc1OC)SC. The fraction of sp³-hybridized carbons (Fsp3) is 0.500. The molecule has 0 bridgehead atoms. The lowest BCUT2D eigenvalue weighted by molar-refractivity contribution is 0.267. The molecule has 0 fully saturated rings. The minimum Gasteiger partial charge on any atom is -0.493 e. The van der Waals surface area contributed by atoms with E-state index in [4.69, 9.17) is 9.47 Å². The van der Waals surface area contributed by atoms with E-state index >= 15 is 0 Å². The van der Waals surface area contributed by atoms with Crippen LogP contribution in [0, 0.1) is 0 Å². The van der Waals surface area contributed by atoms with Crippen LogP contribution in [-0.2, 0) is 0 Å². The van der Waals surface area contributed by atoms with E-state index in [-0.39, 0.29) is 5.44 Å². The van der Waals surface area contributed by atoms with Crippen molar-refractivity contribution in [1.29, 1.82) is 0 Å². The fourth-order valence-corrected chi connectivity index (χ4v) is 2.68. The molecule has 0 radical (unpaired) electrons. The summed E-state index contributed by atoms with van der Waals surface area (Å²) in [5.41, 5.74) is 0.936. The normalized spacial score (nSPS) is 12.5. The van der Waals surface area contributed by atoms with Gasteiger partial charge in [-0.1, -0.05) is 6.92 Å². The monoisotopic (exact) mass is 321 g/mol. The van der Waals surface area contributed by atoms with Crippen molar-refractivity contribution < 1.29 is 9.47 Å². The molecule has 0 aliphatic carbocycles. The van der Waals surface area contributed by atoms with Crippen molar-refractivity contribution in [3.63, 3.8) is 0 Å². The molecule has 0 aliphatic rings. The summed E-state index contributed by atoms with van der Waals surface area (Å²) in [7, 11) is 1.65. The first-order valence-electron chi connectivity index (χ1n) is 7.37. The lowest BCUT2D eigenvalue weighted by atomic mass is 10.2. The molecule has 0 aliphatic heterocycles. The van der Waals surface area contributed by atoms with Crippen molar-refractivity contribution in [3.05, 3.63) is 18.5 Å². The van der Waals surface area contributed by atoms with E-state index in [1.807, 2.05) is 18.4 Å². The van der Waals surface area contributed by atoms with Crippen molar-refractivity contribution in [2.45, 2.75) is 38.7 Å². The second-order valence-electron chi connectivity index (χ2n) is 5.23. The maximum atomic E-state index is 6.02. The molecular weight excluding hydrogens is 298 g/mol. The Morgan fingerprint density at radius 3 is 2.59 bits per heavy atom. The molecule has 0 amide bonds. The van der Waals surface area contributed by atoms with Crippen LogP contribution in [0.3, 0.4) is 0 Å². The van der Waals surface area contributed by atoms with Crippen molar-refractivity contribution in [2.75, 3.05) is 18.7 Å². The lowest BCUT2D eigenvalue weighted by Crippen LogP contribution is -2.12. The number of thioether (sulfide) groups is 1. The fourth-order valence-electron chi connectivity index (χ4n) is 2.14. The first kappa shape index (κ1) is 16.7. The van der Waals surface area contributed by atoms with Crippen molar-refractivity contribution in [3.8, 4) is 11.5 Å². The van der Waals surface area contributed by atoms with E-state index < -0.39 is 0 Å². The van der Waals surface area contributed by atoms with Crippen LogP contribution in [-0.4, -0.2) is 34.8 Å². The Hall–Kier alpha value is -1.69. The number of hydrogen-bond acceptors (Lipinski definition) is 6. The summed E-state index contributed by atoms with van der Waals surface area (Å²) in [5, 5.41) is 4.26.